The van der Waals surface area contributed by atoms with Crippen LogP contribution in [0.1, 0.15) is 74.3 Å². The smallest absolute Gasteiger partial charge is 0.273 e. The van der Waals surface area contributed by atoms with Crippen molar-refractivity contribution in [1.82, 2.24) is 19.4 Å². The largest absolute Gasteiger partial charge is 0.395 e. The second kappa shape index (κ2) is 12.0. The van der Waals surface area contributed by atoms with E-state index >= 15 is 0 Å². The molecule has 2 aliphatic heterocycles. The normalized spacial score (nSPS) is 19.8. The van der Waals surface area contributed by atoms with Gasteiger partial charge in [0.05, 0.1) is 6.61 Å². The van der Waals surface area contributed by atoms with E-state index in [0.29, 0.717) is 17.8 Å². The molecule has 3 heterocycles. The van der Waals surface area contributed by atoms with Crippen LogP contribution in [-0.4, -0.2) is 68.7 Å². The van der Waals surface area contributed by atoms with Crippen LogP contribution in [0, 0.1) is 3.70 Å². The molecule has 0 aliphatic carbocycles. The van der Waals surface area contributed by atoms with Gasteiger partial charge in [-0.2, -0.15) is 0 Å². The third-order valence-electron chi connectivity index (χ3n) is 7.61. The highest BCUT2D eigenvalue weighted by atomic mass is 127. The first-order chi connectivity index (χ1) is 16.5. The van der Waals surface area contributed by atoms with Gasteiger partial charge in [-0.15, -0.1) is 0 Å². The van der Waals surface area contributed by atoms with Gasteiger partial charge in [-0.3, -0.25) is 9.69 Å². The summed E-state index contributed by atoms with van der Waals surface area (Å²) >= 11 is 2.21. The molecule has 0 saturated carbocycles. The summed E-state index contributed by atoms with van der Waals surface area (Å²) in [5.41, 5.74) is 3.11. The molecule has 6 nitrogen and oxygen atoms in total. The molecule has 4 rings (SSSR count). The fourth-order valence-corrected chi connectivity index (χ4v) is 6.48. The zero-order valence-electron chi connectivity index (χ0n) is 20.7. The van der Waals surface area contributed by atoms with Crippen molar-refractivity contribution in [3.05, 3.63) is 39.2 Å². The number of hydrogen-bond donors (Lipinski definition) is 1. The number of nitrogens with zero attached hydrogens (tertiary/aromatic N) is 4. The van der Waals surface area contributed by atoms with Crippen LogP contribution in [0.25, 0.3) is 11.4 Å². The number of halogens is 1. The van der Waals surface area contributed by atoms with Gasteiger partial charge in [-0.05, 0) is 79.3 Å². The van der Waals surface area contributed by atoms with Crippen molar-refractivity contribution in [1.29, 1.82) is 0 Å². The number of amides is 1. The van der Waals surface area contributed by atoms with E-state index in [1.807, 2.05) is 16.5 Å². The van der Waals surface area contributed by atoms with E-state index < -0.39 is 0 Å². The number of aliphatic hydroxyl groups is 1. The Bertz CT molecular complexity index is 968. The van der Waals surface area contributed by atoms with Gasteiger partial charge in [0.1, 0.15) is 15.2 Å². The highest BCUT2D eigenvalue weighted by Gasteiger charge is 2.34. The van der Waals surface area contributed by atoms with E-state index in [1.54, 1.807) is 0 Å². The number of carbonyl (C=O) groups is 1. The highest BCUT2D eigenvalue weighted by Crippen LogP contribution is 2.29. The molecule has 2 aliphatic rings. The number of unbranched alkanes of at least 4 members (excludes halogenated alkanes) is 3. The maximum Gasteiger partial charge on any atom is 0.273 e. The average Bonchev–Trinajstić information content (AvgIpc) is 3.45. The number of benzene rings is 1. The minimum atomic E-state index is 0.0833. The van der Waals surface area contributed by atoms with Crippen LogP contribution in [-0.2, 0) is 13.5 Å². The van der Waals surface area contributed by atoms with Gasteiger partial charge in [0, 0.05) is 37.8 Å². The first-order valence-electron chi connectivity index (χ1n) is 13.0. The van der Waals surface area contributed by atoms with Crippen LogP contribution in [0.15, 0.2) is 24.3 Å². The van der Waals surface area contributed by atoms with Gasteiger partial charge in [-0.1, -0.05) is 44.4 Å². The summed E-state index contributed by atoms with van der Waals surface area (Å²) in [5, 5.41) is 9.68. The second-order valence-electron chi connectivity index (χ2n) is 9.88. The van der Waals surface area contributed by atoms with E-state index in [1.165, 1.54) is 37.7 Å². The van der Waals surface area contributed by atoms with E-state index in [0.717, 1.165) is 60.4 Å². The van der Waals surface area contributed by atoms with Crippen molar-refractivity contribution in [2.24, 2.45) is 7.05 Å². The molecule has 1 unspecified atom stereocenters. The Morgan fingerprint density at radius 2 is 1.94 bits per heavy atom. The van der Waals surface area contributed by atoms with Crippen molar-refractivity contribution in [2.45, 2.75) is 76.8 Å². The van der Waals surface area contributed by atoms with Crippen LogP contribution < -0.4 is 0 Å². The van der Waals surface area contributed by atoms with Gasteiger partial charge in [0.15, 0.2) is 0 Å². The fraction of sp³-hybridized carbons (Fsp3) is 0.630. The monoisotopic (exact) mass is 578 g/mol. The van der Waals surface area contributed by atoms with Crippen molar-refractivity contribution < 1.29 is 9.90 Å². The Hall–Kier alpha value is -1.45. The van der Waals surface area contributed by atoms with Crippen molar-refractivity contribution in [3.63, 3.8) is 0 Å². The average molecular weight is 579 g/mol. The molecule has 1 aromatic heterocycles. The summed E-state index contributed by atoms with van der Waals surface area (Å²) in [5.74, 6) is 0.945. The van der Waals surface area contributed by atoms with Gasteiger partial charge in [0.25, 0.3) is 5.91 Å². The van der Waals surface area contributed by atoms with E-state index in [9.17, 15) is 9.90 Å². The second-order valence-corrected chi connectivity index (χ2v) is 10.9. The van der Waals surface area contributed by atoms with Crippen LogP contribution in [0.4, 0.5) is 0 Å². The number of aliphatic hydroxyl groups excluding tert-OH is 1. The highest BCUT2D eigenvalue weighted by molar-refractivity contribution is 14.1. The number of aryl methyl sites for hydroxylation is 1. The summed E-state index contributed by atoms with van der Waals surface area (Å²) < 4.78 is 2.75. The summed E-state index contributed by atoms with van der Waals surface area (Å²) in [6.07, 6.45) is 10.3. The lowest BCUT2D eigenvalue weighted by Crippen LogP contribution is -2.49. The summed E-state index contributed by atoms with van der Waals surface area (Å²) in [6.45, 7) is 5.09. The number of imidazole rings is 1. The first-order valence-corrected chi connectivity index (χ1v) is 14.1. The summed E-state index contributed by atoms with van der Waals surface area (Å²) in [4.78, 5) is 22.8. The molecule has 1 N–H and O–H groups in total. The van der Waals surface area contributed by atoms with Crippen LogP contribution in [0.5, 0.6) is 0 Å². The molecule has 0 spiro atoms. The Morgan fingerprint density at radius 3 is 2.68 bits per heavy atom. The zero-order chi connectivity index (χ0) is 24.1. The van der Waals surface area contributed by atoms with E-state index in [-0.39, 0.29) is 12.5 Å². The number of aromatic nitrogens is 2. The minimum absolute atomic E-state index is 0.0833. The Balaban J connectivity index is 1.43. The minimum Gasteiger partial charge on any atom is -0.395 e. The van der Waals surface area contributed by atoms with Gasteiger partial charge < -0.3 is 14.6 Å². The topological polar surface area (TPSA) is 61.6 Å². The number of carbonyl (C=O) groups excluding carboxylic acids is 1. The van der Waals surface area contributed by atoms with Crippen LogP contribution in [0.3, 0.4) is 0 Å². The molecule has 1 aromatic carbocycles. The Kier molecular flexibility index (Phi) is 9.04. The SMILES string of the molecule is CCCCCCc1cccc(-c2nc(I)c(C(=O)N3CCC(N4CCCC4CO)CC3)n2C)c1. The molecule has 0 bridgehead atoms. The third kappa shape index (κ3) is 5.68. The third-order valence-corrected chi connectivity index (χ3v) is 8.37. The van der Waals surface area contributed by atoms with E-state index in [4.69, 9.17) is 4.98 Å². The first kappa shape index (κ1) is 25.6. The van der Waals surface area contributed by atoms with Crippen molar-refractivity contribution in [2.75, 3.05) is 26.2 Å². The molecule has 7 heteroatoms. The zero-order valence-corrected chi connectivity index (χ0v) is 22.8. The number of hydrogen-bond acceptors (Lipinski definition) is 4. The van der Waals surface area contributed by atoms with Gasteiger partial charge >= 0.3 is 0 Å². The Morgan fingerprint density at radius 1 is 1.15 bits per heavy atom. The molecule has 1 amide bonds. The summed E-state index contributed by atoms with van der Waals surface area (Å²) in [6, 6.07) is 9.41. The number of likely N-dealkylation sites (tertiary alicyclic amines) is 2. The molecule has 2 aromatic rings. The molecule has 0 radical (unpaired) electrons. The van der Waals surface area contributed by atoms with Crippen LogP contribution in [0.2, 0.25) is 0 Å². The molecular weight excluding hydrogens is 539 g/mol. The number of piperidine rings is 1. The maximum atomic E-state index is 13.5. The molecule has 2 fully saturated rings. The Labute approximate surface area is 217 Å². The standard InChI is InChI=1S/C27H39IN4O2/c1-3-4-5-6-9-20-10-7-11-21(18-20)26-29-25(28)24(30(26)2)27(34)31-16-13-22(14-17-31)32-15-8-12-23(32)19-33/h7,10-11,18,22-23,33H,3-6,8-9,12-17,19H2,1-2H3. The number of rotatable bonds is 9. The lowest BCUT2D eigenvalue weighted by Gasteiger charge is -2.39. The molecular formula is C27H39IN4O2. The van der Waals surface area contributed by atoms with Crippen LogP contribution >= 0.6 is 22.6 Å². The lowest BCUT2D eigenvalue weighted by atomic mass is 10.0. The van der Waals surface area contributed by atoms with Gasteiger partial charge in [-0.25, -0.2) is 4.98 Å². The van der Waals surface area contributed by atoms with Crippen molar-refractivity contribution >= 4 is 28.5 Å². The predicted octanol–water partition coefficient (Wildman–Crippen LogP) is 4.88. The van der Waals surface area contributed by atoms with Crippen molar-refractivity contribution in [3.8, 4) is 11.4 Å². The lowest BCUT2D eigenvalue weighted by molar-refractivity contribution is 0.0530. The molecule has 1 atom stereocenters. The maximum absolute atomic E-state index is 13.5. The fourth-order valence-electron chi connectivity index (χ4n) is 5.66. The van der Waals surface area contributed by atoms with Gasteiger partial charge in [0.2, 0.25) is 0 Å². The quantitative estimate of drug-likeness (QED) is 0.341. The van der Waals surface area contributed by atoms with E-state index in [2.05, 4.69) is 58.7 Å². The molecule has 34 heavy (non-hydrogen) atoms. The predicted molar refractivity (Wildman–Crippen MR) is 145 cm³/mol. The molecule has 2 saturated heterocycles. The molecule has 186 valence electrons. The summed E-state index contributed by atoms with van der Waals surface area (Å²) in [7, 11) is 1.97.